The van der Waals surface area contributed by atoms with Crippen LogP contribution >= 0.6 is 7.82 Å². The highest BCUT2D eigenvalue weighted by atomic mass is 31.2. The average Bonchev–Trinajstić information content (AvgIpc) is 3.38. The number of carbonyl (C=O) groups excluding carboxylic acids is 2. The Morgan fingerprint density at radius 1 is 0.408 bits per heavy atom. The molecule has 0 saturated heterocycles. The summed E-state index contributed by atoms with van der Waals surface area (Å²) in [5.74, 6) is -0.792. The molecule has 9 nitrogen and oxygen atoms in total. The van der Waals surface area contributed by atoms with Crippen LogP contribution in [0.3, 0.4) is 0 Å². The number of hydrogen-bond acceptors (Lipinski definition) is 7. The molecule has 2 atom stereocenters. The Hall–Kier alpha value is -1.77. The van der Waals surface area contributed by atoms with E-state index < -0.39 is 26.5 Å². The molecule has 0 aromatic carbocycles. The minimum absolute atomic E-state index is 0.0316. The highest BCUT2D eigenvalue weighted by molar-refractivity contribution is 7.47. The van der Waals surface area contributed by atoms with Crippen molar-refractivity contribution in [2.24, 2.45) is 0 Å². The van der Waals surface area contributed by atoms with Crippen LogP contribution in [-0.4, -0.2) is 74.9 Å². The minimum atomic E-state index is -4.39. The van der Waals surface area contributed by atoms with Crippen molar-refractivity contribution < 1.29 is 42.1 Å². The van der Waals surface area contributed by atoms with Gasteiger partial charge in [-0.25, -0.2) is 4.57 Å². The lowest BCUT2D eigenvalue weighted by atomic mass is 10.0. The highest BCUT2D eigenvalue weighted by Crippen LogP contribution is 2.43. The summed E-state index contributed by atoms with van der Waals surface area (Å²) in [7, 11) is 1.48. The third-order valence-electron chi connectivity index (χ3n) is 14.6. The van der Waals surface area contributed by atoms with E-state index in [1.807, 2.05) is 21.1 Å². The molecule has 0 radical (unpaired) electrons. The van der Waals surface area contributed by atoms with Crippen molar-refractivity contribution in [2.75, 3.05) is 47.5 Å². The zero-order valence-electron chi connectivity index (χ0n) is 51.0. The fourth-order valence-corrected chi connectivity index (χ4v) is 10.3. The smallest absolute Gasteiger partial charge is 0.462 e. The Balaban J connectivity index is 3.94. The molecule has 0 spiro atoms. The molecule has 448 valence electrons. The summed E-state index contributed by atoms with van der Waals surface area (Å²) in [6.45, 7) is 4.44. The number of nitrogens with zero attached hydrogens (tertiary/aromatic N) is 1. The van der Waals surface area contributed by atoms with Crippen molar-refractivity contribution in [2.45, 2.75) is 328 Å². The largest absolute Gasteiger partial charge is 0.472 e. The molecule has 0 rings (SSSR count). The number of likely N-dealkylation sites (N-methyl/N-ethyl adjacent to an activating group) is 1. The van der Waals surface area contributed by atoms with Crippen LogP contribution in [0.4, 0.5) is 0 Å². The summed E-state index contributed by atoms with van der Waals surface area (Å²) in [5.41, 5.74) is 0. The first-order chi connectivity index (χ1) is 37.0. The lowest BCUT2D eigenvalue weighted by Gasteiger charge is -2.24. The number of ether oxygens (including phenoxy) is 2. The molecular weight excluding hydrogens is 966 g/mol. The highest BCUT2D eigenvalue weighted by Gasteiger charge is 2.27. The van der Waals surface area contributed by atoms with E-state index in [0.29, 0.717) is 23.9 Å². The molecule has 0 fully saturated rings. The van der Waals surface area contributed by atoms with Crippen molar-refractivity contribution in [3.63, 3.8) is 0 Å². The Bertz CT molecular complexity index is 1380. The normalized spacial score (nSPS) is 13.4. The van der Waals surface area contributed by atoms with Crippen molar-refractivity contribution >= 4 is 19.8 Å². The van der Waals surface area contributed by atoms with Gasteiger partial charge in [0.2, 0.25) is 0 Å². The number of hydrogen-bond donors (Lipinski definition) is 1. The van der Waals surface area contributed by atoms with E-state index in [4.69, 9.17) is 18.5 Å². The first-order valence-corrected chi connectivity index (χ1v) is 34.2. The van der Waals surface area contributed by atoms with Crippen LogP contribution in [0.1, 0.15) is 322 Å². The summed E-state index contributed by atoms with van der Waals surface area (Å²) >= 11 is 0. The zero-order chi connectivity index (χ0) is 55.6. The first-order valence-electron chi connectivity index (χ1n) is 32.7. The molecule has 0 aromatic rings. The van der Waals surface area contributed by atoms with Gasteiger partial charge in [0.05, 0.1) is 27.7 Å². The van der Waals surface area contributed by atoms with Crippen LogP contribution in [0.15, 0.2) is 36.5 Å². The monoisotopic (exact) mass is 1090 g/mol. The fraction of sp³-hybridized carbons (Fsp3) is 0.879. The molecule has 0 saturated carbocycles. The summed E-state index contributed by atoms with van der Waals surface area (Å²) < 4.78 is 34.6. The minimum Gasteiger partial charge on any atom is -0.462 e. The summed E-state index contributed by atoms with van der Waals surface area (Å²) in [4.78, 5) is 35.7. The summed E-state index contributed by atoms with van der Waals surface area (Å²) in [6, 6.07) is 0. The van der Waals surface area contributed by atoms with E-state index in [0.717, 1.165) is 51.4 Å². The number of phosphoric ester groups is 1. The lowest BCUT2D eigenvalue weighted by molar-refractivity contribution is -0.870. The maximum Gasteiger partial charge on any atom is 0.472 e. The number of carbonyl (C=O) groups is 2. The maximum absolute atomic E-state index is 12.8. The molecule has 0 amide bonds. The molecule has 0 bridgehead atoms. The van der Waals surface area contributed by atoms with E-state index in [1.54, 1.807) is 0 Å². The van der Waals surface area contributed by atoms with E-state index in [1.165, 1.54) is 238 Å². The average molecular weight is 1090 g/mol. The van der Waals surface area contributed by atoms with Gasteiger partial charge in [0, 0.05) is 12.8 Å². The lowest BCUT2D eigenvalue weighted by Crippen LogP contribution is -2.37. The summed E-state index contributed by atoms with van der Waals surface area (Å²) in [6.07, 6.45) is 72.5. The van der Waals surface area contributed by atoms with Gasteiger partial charge >= 0.3 is 19.8 Å². The molecule has 10 heteroatoms. The second kappa shape index (κ2) is 57.9. The first kappa shape index (κ1) is 74.2. The quantitative estimate of drug-likeness (QED) is 0.0211. The maximum atomic E-state index is 12.8. The van der Waals surface area contributed by atoms with E-state index in [9.17, 15) is 19.0 Å². The Kier molecular flexibility index (Phi) is 56.6. The second-order valence-corrected chi connectivity index (χ2v) is 25.0. The SMILES string of the molecule is CCCCC/C=C\C/C=C\CCCCCCCCCC(=O)OC(COC(=O)CCCCCCCCCCCCCCCCCCCCCCCCC/C=C\CCCCCCCCCC)COP(=O)(O)OCC[N+](C)(C)C. The van der Waals surface area contributed by atoms with Gasteiger partial charge in [-0.05, 0) is 70.6 Å². The molecule has 0 aliphatic carbocycles. The van der Waals surface area contributed by atoms with Crippen LogP contribution in [0.5, 0.6) is 0 Å². The standard InChI is InChI=1S/C66H126NO8P/c1-6-8-10-12-14-16-18-20-22-24-25-26-27-28-29-30-31-32-33-34-35-36-37-38-39-40-41-43-44-46-48-50-52-54-56-58-65(68)72-62-64(63-74-76(70,71)73-61-60-67(3,4)5)75-66(69)59-57-55-53-51-49-47-45-42-23-21-19-17-15-13-11-9-7-2/h15,17,21,23-25,64H,6-14,16,18-20,22,26-63H2,1-5H3/p+1/b17-15-,23-21-,25-24-. The predicted octanol–water partition coefficient (Wildman–Crippen LogP) is 20.7. The van der Waals surface area contributed by atoms with Crippen LogP contribution in [-0.2, 0) is 32.7 Å². The van der Waals surface area contributed by atoms with Gasteiger partial charge in [-0.15, -0.1) is 0 Å². The Labute approximate surface area is 471 Å². The molecule has 0 aromatic heterocycles. The van der Waals surface area contributed by atoms with Crippen molar-refractivity contribution in [3.05, 3.63) is 36.5 Å². The van der Waals surface area contributed by atoms with Gasteiger partial charge < -0.3 is 18.9 Å². The molecule has 0 aliphatic rings. The van der Waals surface area contributed by atoms with E-state index in [-0.39, 0.29) is 25.6 Å². The molecule has 1 N–H and O–H groups in total. The zero-order valence-corrected chi connectivity index (χ0v) is 51.9. The third kappa shape index (κ3) is 61.4. The van der Waals surface area contributed by atoms with Crippen LogP contribution < -0.4 is 0 Å². The van der Waals surface area contributed by atoms with Gasteiger partial charge in [-0.1, -0.05) is 275 Å². The number of unbranched alkanes of at least 4 members (excludes halogenated alkanes) is 41. The predicted molar refractivity (Wildman–Crippen MR) is 326 cm³/mol. The van der Waals surface area contributed by atoms with Crippen LogP contribution in [0.2, 0.25) is 0 Å². The van der Waals surface area contributed by atoms with Gasteiger partial charge in [0.1, 0.15) is 19.8 Å². The number of rotatable bonds is 61. The number of quaternary nitrogens is 1. The molecular formula is C66H127NO8P+. The van der Waals surface area contributed by atoms with Gasteiger partial charge in [0.25, 0.3) is 0 Å². The number of allylic oxidation sites excluding steroid dienone is 6. The molecule has 76 heavy (non-hydrogen) atoms. The van der Waals surface area contributed by atoms with Crippen LogP contribution in [0, 0.1) is 0 Å². The van der Waals surface area contributed by atoms with Gasteiger partial charge in [-0.2, -0.15) is 0 Å². The topological polar surface area (TPSA) is 108 Å². The Morgan fingerprint density at radius 2 is 0.711 bits per heavy atom. The third-order valence-corrected chi connectivity index (χ3v) is 15.6. The number of esters is 2. The number of phosphoric acid groups is 1. The van der Waals surface area contributed by atoms with Crippen molar-refractivity contribution in [1.82, 2.24) is 0 Å². The van der Waals surface area contributed by atoms with Gasteiger partial charge in [0.15, 0.2) is 6.10 Å². The van der Waals surface area contributed by atoms with Crippen molar-refractivity contribution in [1.29, 1.82) is 0 Å². The summed E-state index contributed by atoms with van der Waals surface area (Å²) in [5, 5.41) is 0. The van der Waals surface area contributed by atoms with E-state index >= 15 is 0 Å². The van der Waals surface area contributed by atoms with Gasteiger partial charge in [-0.3, -0.25) is 18.6 Å². The molecule has 2 unspecified atom stereocenters. The Morgan fingerprint density at radius 3 is 1.08 bits per heavy atom. The molecule has 0 aliphatic heterocycles. The molecule has 0 heterocycles. The fourth-order valence-electron chi connectivity index (χ4n) is 9.57. The second-order valence-electron chi connectivity index (χ2n) is 23.5. The van der Waals surface area contributed by atoms with Crippen LogP contribution in [0.25, 0.3) is 0 Å². The van der Waals surface area contributed by atoms with Crippen molar-refractivity contribution in [3.8, 4) is 0 Å². The van der Waals surface area contributed by atoms with E-state index in [2.05, 4.69) is 50.3 Å².